The fourth-order valence-corrected chi connectivity index (χ4v) is 3.19. The summed E-state index contributed by atoms with van der Waals surface area (Å²) in [6.45, 7) is 2.96. The SMILES string of the molecule is Fc1ccccc1CNC1CCOC2(CCOCC2)C1. The number of hydrogen-bond acceptors (Lipinski definition) is 3. The minimum atomic E-state index is -0.132. The lowest BCUT2D eigenvalue weighted by Crippen LogP contribution is -2.49. The van der Waals surface area contributed by atoms with Crippen molar-refractivity contribution < 1.29 is 13.9 Å². The quantitative estimate of drug-likeness (QED) is 0.922. The predicted molar refractivity (Wildman–Crippen MR) is 75.0 cm³/mol. The Kier molecular flexibility index (Phi) is 4.34. The van der Waals surface area contributed by atoms with Crippen LogP contribution in [0.4, 0.5) is 4.39 Å². The minimum Gasteiger partial charge on any atom is -0.381 e. The van der Waals surface area contributed by atoms with Gasteiger partial charge < -0.3 is 14.8 Å². The average molecular weight is 279 g/mol. The van der Waals surface area contributed by atoms with E-state index in [0.717, 1.165) is 51.1 Å². The molecule has 110 valence electrons. The molecule has 1 unspecified atom stereocenters. The number of hydrogen-bond donors (Lipinski definition) is 1. The fraction of sp³-hybridized carbons (Fsp3) is 0.625. The summed E-state index contributed by atoms with van der Waals surface area (Å²) in [7, 11) is 0. The van der Waals surface area contributed by atoms with E-state index < -0.39 is 0 Å². The van der Waals surface area contributed by atoms with Crippen LogP contribution in [0.1, 0.15) is 31.2 Å². The van der Waals surface area contributed by atoms with Gasteiger partial charge in [0.25, 0.3) is 0 Å². The molecule has 1 aromatic rings. The molecule has 4 heteroatoms. The van der Waals surface area contributed by atoms with Gasteiger partial charge in [0, 0.05) is 38.0 Å². The summed E-state index contributed by atoms with van der Waals surface area (Å²) in [5.41, 5.74) is 0.726. The van der Waals surface area contributed by atoms with E-state index in [1.54, 1.807) is 6.07 Å². The number of rotatable bonds is 3. The monoisotopic (exact) mass is 279 g/mol. The van der Waals surface area contributed by atoms with Gasteiger partial charge in [-0.3, -0.25) is 0 Å². The molecule has 3 nitrogen and oxygen atoms in total. The van der Waals surface area contributed by atoms with Gasteiger partial charge in [0.05, 0.1) is 5.60 Å². The van der Waals surface area contributed by atoms with E-state index in [1.165, 1.54) is 6.07 Å². The Hall–Kier alpha value is -0.970. The topological polar surface area (TPSA) is 30.5 Å². The molecule has 2 saturated heterocycles. The first-order valence-corrected chi connectivity index (χ1v) is 7.46. The summed E-state index contributed by atoms with van der Waals surface area (Å²) >= 11 is 0. The maximum atomic E-state index is 13.6. The van der Waals surface area contributed by atoms with Crippen molar-refractivity contribution >= 4 is 0 Å². The molecule has 0 saturated carbocycles. The molecule has 2 aliphatic heterocycles. The van der Waals surface area contributed by atoms with Crippen molar-refractivity contribution in [2.45, 2.75) is 43.9 Å². The van der Waals surface area contributed by atoms with Gasteiger partial charge in [-0.1, -0.05) is 18.2 Å². The van der Waals surface area contributed by atoms with Crippen LogP contribution in [-0.2, 0) is 16.0 Å². The molecule has 0 radical (unpaired) electrons. The van der Waals surface area contributed by atoms with Crippen LogP contribution in [0, 0.1) is 5.82 Å². The van der Waals surface area contributed by atoms with Gasteiger partial charge in [-0.15, -0.1) is 0 Å². The van der Waals surface area contributed by atoms with Crippen molar-refractivity contribution in [3.8, 4) is 0 Å². The van der Waals surface area contributed by atoms with E-state index in [9.17, 15) is 4.39 Å². The Bertz CT molecular complexity index is 440. The van der Waals surface area contributed by atoms with E-state index in [1.807, 2.05) is 12.1 Å². The highest BCUT2D eigenvalue weighted by molar-refractivity contribution is 5.17. The number of ether oxygens (including phenoxy) is 2. The number of nitrogens with one attached hydrogen (secondary N) is 1. The average Bonchev–Trinajstić information content (AvgIpc) is 2.47. The summed E-state index contributed by atoms with van der Waals surface area (Å²) in [4.78, 5) is 0. The molecule has 2 fully saturated rings. The summed E-state index contributed by atoms with van der Waals surface area (Å²) in [5.74, 6) is -0.132. The third-order valence-electron chi connectivity index (χ3n) is 4.44. The molecule has 1 atom stereocenters. The zero-order valence-corrected chi connectivity index (χ0v) is 11.7. The molecule has 20 heavy (non-hydrogen) atoms. The van der Waals surface area contributed by atoms with Crippen molar-refractivity contribution in [1.82, 2.24) is 5.32 Å². The Morgan fingerprint density at radius 3 is 2.80 bits per heavy atom. The zero-order chi connectivity index (χ0) is 13.8. The fourth-order valence-electron chi connectivity index (χ4n) is 3.19. The van der Waals surface area contributed by atoms with E-state index in [-0.39, 0.29) is 11.4 Å². The molecule has 2 aliphatic rings. The van der Waals surface area contributed by atoms with Crippen molar-refractivity contribution in [3.63, 3.8) is 0 Å². The first kappa shape index (κ1) is 14.0. The highest BCUT2D eigenvalue weighted by Gasteiger charge is 2.38. The first-order chi connectivity index (χ1) is 9.77. The molecule has 0 aliphatic carbocycles. The highest BCUT2D eigenvalue weighted by atomic mass is 19.1. The van der Waals surface area contributed by atoms with E-state index in [2.05, 4.69) is 5.32 Å². The minimum absolute atomic E-state index is 0.0105. The zero-order valence-electron chi connectivity index (χ0n) is 11.7. The molecule has 2 heterocycles. The molecule has 1 spiro atoms. The van der Waals surface area contributed by atoms with Gasteiger partial charge in [0.15, 0.2) is 0 Å². The highest BCUT2D eigenvalue weighted by Crippen LogP contribution is 2.34. The molecular weight excluding hydrogens is 257 g/mol. The molecule has 0 bridgehead atoms. The summed E-state index contributed by atoms with van der Waals surface area (Å²) in [6.07, 6.45) is 3.96. The van der Waals surface area contributed by atoms with Crippen LogP contribution >= 0.6 is 0 Å². The molecule has 1 aromatic carbocycles. The van der Waals surface area contributed by atoms with Gasteiger partial charge in [-0.05, 0) is 31.7 Å². The van der Waals surface area contributed by atoms with E-state index in [4.69, 9.17) is 9.47 Å². The van der Waals surface area contributed by atoms with E-state index >= 15 is 0 Å². The first-order valence-electron chi connectivity index (χ1n) is 7.46. The Morgan fingerprint density at radius 2 is 2.00 bits per heavy atom. The van der Waals surface area contributed by atoms with Crippen LogP contribution in [0.15, 0.2) is 24.3 Å². The van der Waals surface area contributed by atoms with Crippen molar-refractivity contribution in [2.24, 2.45) is 0 Å². The predicted octanol–water partition coefficient (Wildman–Crippen LogP) is 2.64. The van der Waals surface area contributed by atoms with Crippen LogP contribution in [-0.4, -0.2) is 31.5 Å². The van der Waals surface area contributed by atoms with E-state index in [0.29, 0.717) is 12.6 Å². The van der Waals surface area contributed by atoms with Crippen molar-refractivity contribution in [3.05, 3.63) is 35.6 Å². The Morgan fingerprint density at radius 1 is 1.20 bits per heavy atom. The third-order valence-corrected chi connectivity index (χ3v) is 4.44. The largest absolute Gasteiger partial charge is 0.381 e. The molecule has 1 N–H and O–H groups in total. The maximum Gasteiger partial charge on any atom is 0.127 e. The summed E-state index contributed by atoms with van der Waals surface area (Å²) < 4.78 is 25.1. The molecule has 3 rings (SSSR count). The van der Waals surface area contributed by atoms with Gasteiger partial charge in [-0.2, -0.15) is 0 Å². The van der Waals surface area contributed by atoms with Crippen molar-refractivity contribution in [2.75, 3.05) is 19.8 Å². The smallest absolute Gasteiger partial charge is 0.127 e. The van der Waals surface area contributed by atoms with Gasteiger partial charge >= 0.3 is 0 Å². The number of benzene rings is 1. The summed E-state index contributed by atoms with van der Waals surface area (Å²) in [6, 6.07) is 7.36. The normalized spacial score (nSPS) is 25.8. The van der Waals surface area contributed by atoms with Crippen LogP contribution < -0.4 is 5.32 Å². The van der Waals surface area contributed by atoms with Crippen LogP contribution in [0.2, 0.25) is 0 Å². The second kappa shape index (κ2) is 6.20. The number of halogens is 1. The maximum absolute atomic E-state index is 13.6. The van der Waals surface area contributed by atoms with Crippen molar-refractivity contribution in [1.29, 1.82) is 0 Å². The van der Waals surface area contributed by atoms with Gasteiger partial charge in [0.2, 0.25) is 0 Å². The lowest BCUT2D eigenvalue weighted by Gasteiger charge is -2.43. The molecular formula is C16H22FNO2. The van der Waals surface area contributed by atoms with Crippen LogP contribution in [0.25, 0.3) is 0 Å². The third kappa shape index (κ3) is 3.19. The van der Waals surface area contributed by atoms with Crippen LogP contribution in [0.5, 0.6) is 0 Å². The lowest BCUT2D eigenvalue weighted by molar-refractivity contribution is -0.140. The lowest BCUT2D eigenvalue weighted by atomic mass is 9.84. The second-order valence-corrected chi connectivity index (χ2v) is 5.81. The molecule has 0 amide bonds. The van der Waals surface area contributed by atoms with Crippen LogP contribution in [0.3, 0.4) is 0 Å². The molecule has 0 aromatic heterocycles. The Balaban J connectivity index is 1.56. The van der Waals surface area contributed by atoms with Gasteiger partial charge in [0.1, 0.15) is 5.82 Å². The summed E-state index contributed by atoms with van der Waals surface area (Å²) in [5, 5.41) is 3.49. The van der Waals surface area contributed by atoms with Gasteiger partial charge in [-0.25, -0.2) is 4.39 Å². The standard InChI is InChI=1S/C16H22FNO2/c17-15-4-2-1-3-13(15)12-18-14-5-8-20-16(11-14)6-9-19-10-7-16/h1-4,14,18H,5-12H2. The Labute approximate surface area is 119 Å². The second-order valence-electron chi connectivity index (χ2n) is 5.81.